The fourth-order valence-electron chi connectivity index (χ4n) is 2.58. The second-order valence-electron chi connectivity index (χ2n) is 5.27. The Labute approximate surface area is 130 Å². The number of hydrogen-bond donors (Lipinski definition) is 2. The van der Waals surface area contributed by atoms with Gasteiger partial charge in [0.25, 0.3) is 0 Å². The lowest BCUT2D eigenvalue weighted by Gasteiger charge is -2.32. The first-order chi connectivity index (χ1) is 9.65. The molecule has 3 rings (SSSR count). The number of H-pyrrole nitrogens is 1. The van der Waals surface area contributed by atoms with E-state index in [9.17, 15) is 0 Å². The molecule has 3 N–H and O–H groups in total. The minimum atomic E-state index is 0.280. The first-order valence-electron chi connectivity index (χ1n) is 6.81. The molecule has 0 aromatic carbocycles. The lowest BCUT2D eigenvalue weighted by molar-refractivity contribution is 0.352. The van der Waals surface area contributed by atoms with Crippen molar-refractivity contribution in [2.45, 2.75) is 25.8 Å². The van der Waals surface area contributed by atoms with Crippen LogP contribution in [-0.4, -0.2) is 34.3 Å². The van der Waals surface area contributed by atoms with Crippen molar-refractivity contribution in [2.75, 3.05) is 18.0 Å². The van der Waals surface area contributed by atoms with Gasteiger partial charge in [-0.2, -0.15) is 4.98 Å². The summed E-state index contributed by atoms with van der Waals surface area (Å²) in [4.78, 5) is 7.94. The fourth-order valence-corrected chi connectivity index (χ4v) is 4.08. The predicted molar refractivity (Wildman–Crippen MR) is 86.0 cm³/mol. The van der Waals surface area contributed by atoms with Crippen LogP contribution in [0.1, 0.15) is 19.8 Å². The molecule has 0 saturated carbocycles. The van der Waals surface area contributed by atoms with Crippen LogP contribution in [0.4, 0.5) is 5.95 Å². The summed E-state index contributed by atoms with van der Waals surface area (Å²) in [5, 5.41) is 9.42. The Balaban J connectivity index is 1.71. The van der Waals surface area contributed by atoms with Crippen LogP contribution < -0.4 is 10.6 Å². The van der Waals surface area contributed by atoms with Gasteiger partial charge in [-0.15, -0.1) is 16.4 Å². The molecular weight excluding hydrogens is 338 g/mol. The zero-order valence-electron chi connectivity index (χ0n) is 11.3. The summed E-state index contributed by atoms with van der Waals surface area (Å²) >= 11 is 5.18. The summed E-state index contributed by atoms with van der Waals surface area (Å²) < 4.78 is 1.06. The van der Waals surface area contributed by atoms with Crippen molar-refractivity contribution in [1.82, 2.24) is 15.2 Å². The van der Waals surface area contributed by atoms with Gasteiger partial charge in [0.05, 0.1) is 4.88 Å². The molecule has 2 aromatic rings. The van der Waals surface area contributed by atoms with E-state index in [1.54, 1.807) is 11.3 Å². The van der Waals surface area contributed by atoms with E-state index in [0.717, 1.165) is 47.1 Å². The third-order valence-corrected chi connectivity index (χ3v) is 5.72. The van der Waals surface area contributed by atoms with Gasteiger partial charge >= 0.3 is 0 Å². The molecule has 0 radical (unpaired) electrons. The van der Waals surface area contributed by atoms with Gasteiger partial charge in [0, 0.05) is 23.6 Å². The highest BCUT2D eigenvalue weighted by Crippen LogP contribution is 2.32. The largest absolute Gasteiger partial charge is 0.340 e. The summed E-state index contributed by atoms with van der Waals surface area (Å²) in [6, 6.07) is 2.30. The number of thiophene rings is 1. The van der Waals surface area contributed by atoms with Crippen LogP contribution in [0.2, 0.25) is 0 Å². The smallest absolute Gasteiger partial charge is 0.245 e. The molecule has 1 atom stereocenters. The quantitative estimate of drug-likeness (QED) is 0.887. The SMILES string of the molecule is CC(N)C1CCN(c2n[nH]c(-c3sccc3Br)n2)CC1. The summed E-state index contributed by atoms with van der Waals surface area (Å²) in [7, 11) is 0. The Kier molecular flexibility index (Phi) is 4.09. The van der Waals surface area contributed by atoms with Crippen LogP contribution in [0.5, 0.6) is 0 Å². The molecule has 1 aliphatic heterocycles. The van der Waals surface area contributed by atoms with E-state index in [0.29, 0.717) is 5.92 Å². The number of hydrogen-bond acceptors (Lipinski definition) is 5. The van der Waals surface area contributed by atoms with Gasteiger partial charge in [-0.25, -0.2) is 0 Å². The van der Waals surface area contributed by atoms with Gasteiger partial charge in [-0.3, -0.25) is 5.10 Å². The monoisotopic (exact) mass is 355 g/mol. The molecule has 0 spiro atoms. The fraction of sp³-hybridized carbons (Fsp3) is 0.538. The molecule has 2 aromatic heterocycles. The Morgan fingerprint density at radius 3 is 2.85 bits per heavy atom. The second-order valence-corrected chi connectivity index (χ2v) is 7.04. The number of nitrogens with one attached hydrogen (secondary N) is 1. The van der Waals surface area contributed by atoms with Crippen molar-refractivity contribution in [1.29, 1.82) is 0 Å². The summed E-state index contributed by atoms with van der Waals surface area (Å²) in [5.74, 6) is 2.25. The number of nitrogens with zero attached hydrogens (tertiary/aromatic N) is 3. The minimum absolute atomic E-state index is 0.280. The summed E-state index contributed by atoms with van der Waals surface area (Å²) in [6.07, 6.45) is 2.23. The van der Waals surface area contributed by atoms with Gasteiger partial charge in [0.1, 0.15) is 0 Å². The molecule has 1 unspecified atom stereocenters. The molecule has 20 heavy (non-hydrogen) atoms. The van der Waals surface area contributed by atoms with E-state index >= 15 is 0 Å². The van der Waals surface area contributed by atoms with E-state index in [2.05, 4.69) is 42.9 Å². The zero-order chi connectivity index (χ0) is 14.1. The lowest BCUT2D eigenvalue weighted by Crippen LogP contribution is -2.40. The van der Waals surface area contributed by atoms with E-state index < -0.39 is 0 Å². The number of halogens is 1. The average Bonchev–Trinajstić information content (AvgIpc) is 3.07. The van der Waals surface area contributed by atoms with Crippen LogP contribution in [0.3, 0.4) is 0 Å². The Hall–Kier alpha value is -0.920. The molecule has 1 saturated heterocycles. The van der Waals surface area contributed by atoms with Gasteiger partial charge in [-0.05, 0) is 53.1 Å². The first kappa shape index (κ1) is 14.0. The van der Waals surface area contributed by atoms with E-state index in [4.69, 9.17) is 5.73 Å². The molecule has 0 amide bonds. The van der Waals surface area contributed by atoms with Gasteiger partial charge in [-0.1, -0.05) is 0 Å². The van der Waals surface area contributed by atoms with Crippen molar-refractivity contribution in [3.8, 4) is 10.7 Å². The number of nitrogens with two attached hydrogens (primary N) is 1. The van der Waals surface area contributed by atoms with E-state index in [1.165, 1.54) is 0 Å². The first-order valence-corrected chi connectivity index (χ1v) is 8.48. The number of anilines is 1. The highest BCUT2D eigenvalue weighted by Gasteiger charge is 2.24. The van der Waals surface area contributed by atoms with Crippen molar-refractivity contribution < 1.29 is 0 Å². The number of aromatic nitrogens is 3. The normalized spacial score (nSPS) is 18.4. The Bertz CT molecular complexity index is 571. The molecule has 0 bridgehead atoms. The third kappa shape index (κ3) is 2.75. The maximum absolute atomic E-state index is 5.98. The van der Waals surface area contributed by atoms with Crippen LogP contribution in [0, 0.1) is 5.92 Å². The molecule has 3 heterocycles. The van der Waals surface area contributed by atoms with Crippen LogP contribution in [-0.2, 0) is 0 Å². The van der Waals surface area contributed by atoms with Crippen LogP contribution >= 0.6 is 27.3 Å². The Morgan fingerprint density at radius 1 is 1.50 bits per heavy atom. The van der Waals surface area contributed by atoms with Crippen molar-refractivity contribution in [2.24, 2.45) is 11.7 Å². The maximum Gasteiger partial charge on any atom is 0.245 e. The standard InChI is InChI=1S/C13H18BrN5S/c1-8(15)9-2-5-19(6-3-9)13-16-12(17-18-13)11-10(14)4-7-20-11/h4,7-9H,2-3,5-6,15H2,1H3,(H,16,17,18). The molecule has 5 nitrogen and oxygen atoms in total. The molecule has 1 aliphatic rings. The number of aromatic amines is 1. The van der Waals surface area contributed by atoms with Gasteiger partial charge < -0.3 is 10.6 Å². The zero-order valence-corrected chi connectivity index (χ0v) is 13.7. The Morgan fingerprint density at radius 2 is 2.25 bits per heavy atom. The molecule has 0 aliphatic carbocycles. The van der Waals surface area contributed by atoms with Crippen molar-refractivity contribution in [3.05, 3.63) is 15.9 Å². The average molecular weight is 356 g/mol. The number of rotatable bonds is 3. The second kappa shape index (κ2) is 5.83. The highest BCUT2D eigenvalue weighted by atomic mass is 79.9. The van der Waals surface area contributed by atoms with E-state index in [1.807, 2.05) is 11.4 Å². The third-order valence-electron chi connectivity index (χ3n) is 3.87. The molecule has 1 fully saturated rings. The minimum Gasteiger partial charge on any atom is -0.340 e. The van der Waals surface area contributed by atoms with Crippen molar-refractivity contribution in [3.63, 3.8) is 0 Å². The van der Waals surface area contributed by atoms with Crippen molar-refractivity contribution >= 4 is 33.2 Å². The van der Waals surface area contributed by atoms with Gasteiger partial charge in [0.15, 0.2) is 5.82 Å². The highest BCUT2D eigenvalue weighted by molar-refractivity contribution is 9.10. The van der Waals surface area contributed by atoms with E-state index in [-0.39, 0.29) is 6.04 Å². The lowest BCUT2D eigenvalue weighted by atomic mass is 9.91. The molecule has 108 valence electrons. The summed E-state index contributed by atoms with van der Waals surface area (Å²) in [6.45, 7) is 4.06. The predicted octanol–water partition coefficient (Wildman–Crippen LogP) is 2.86. The topological polar surface area (TPSA) is 70.8 Å². The molecule has 7 heteroatoms. The number of piperidine rings is 1. The summed E-state index contributed by atoms with van der Waals surface area (Å²) in [5.41, 5.74) is 5.98. The maximum atomic E-state index is 5.98. The van der Waals surface area contributed by atoms with Gasteiger partial charge in [0.2, 0.25) is 5.95 Å². The molecular formula is C13H18BrN5S. The van der Waals surface area contributed by atoms with Crippen LogP contribution in [0.15, 0.2) is 15.9 Å². The van der Waals surface area contributed by atoms with Crippen LogP contribution in [0.25, 0.3) is 10.7 Å².